The first-order valence-corrected chi connectivity index (χ1v) is 12.9. The fraction of sp³-hybridized carbons (Fsp3) is 0.125. The van der Waals surface area contributed by atoms with Gasteiger partial charge in [-0.3, -0.25) is 4.98 Å². The van der Waals surface area contributed by atoms with Gasteiger partial charge in [-0.05, 0) is 52.9 Å². The maximum absolute atomic E-state index is 10.4. The summed E-state index contributed by atoms with van der Waals surface area (Å²) in [6.45, 7) is 6.73. The van der Waals surface area contributed by atoms with Crippen LogP contribution < -0.4 is 0 Å². The fourth-order valence-corrected chi connectivity index (χ4v) is 5.64. The predicted octanol–water partition coefficient (Wildman–Crippen LogP) is 8.85. The van der Waals surface area contributed by atoms with Gasteiger partial charge in [0, 0.05) is 33.8 Å². The molecule has 0 aliphatic rings. The van der Waals surface area contributed by atoms with Crippen LogP contribution in [0.15, 0.2) is 97.2 Å². The first-order chi connectivity index (χ1) is 17.4. The van der Waals surface area contributed by atoms with Crippen molar-refractivity contribution in [2.75, 3.05) is 0 Å². The molecule has 0 saturated carbocycles. The molecule has 0 atom stereocenters. The van der Waals surface area contributed by atoms with E-state index in [2.05, 4.69) is 69.3 Å². The van der Waals surface area contributed by atoms with Crippen LogP contribution in [0.4, 0.5) is 0 Å². The molecular formula is C32H26N2OS. The first kappa shape index (κ1) is 22.4. The third-order valence-electron chi connectivity index (χ3n) is 6.60. The number of thiazole rings is 1. The summed E-state index contributed by atoms with van der Waals surface area (Å²) < 4.78 is 1.10. The monoisotopic (exact) mass is 486 g/mol. The van der Waals surface area contributed by atoms with Crippen LogP contribution in [0.5, 0.6) is 5.75 Å². The van der Waals surface area contributed by atoms with Crippen molar-refractivity contribution in [2.45, 2.75) is 26.2 Å². The highest BCUT2D eigenvalue weighted by Gasteiger charge is 2.18. The summed E-state index contributed by atoms with van der Waals surface area (Å²) in [7, 11) is 0. The molecule has 0 radical (unpaired) electrons. The Morgan fingerprint density at radius 1 is 0.694 bits per heavy atom. The fourth-order valence-electron chi connectivity index (χ4n) is 4.66. The largest absolute Gasteiger partial charge is 0.507 e. The van der Waals surface area contributed by atoms with E-state index in [1.54, 1.807) is 17.4 Å². The van der Waals surface area contributed by atoms with Gasteiger partial charge in [0.2, 0.25) is 0 Å². The van der Waals surface area contributed by atoms with Crippen molar-refractivity contribution in [1.82, 2.24) is 9.97 Å². The number of benzene rings is 4. The van der Waals surface area contributed by atoms with Crippen LogP contribution >= 0.6 is 11.3 Å². The van der Waals surface area contributed by atoms with E-state index in [1.807, 2.05) is 42.6 Å². The maximum Gasteiger partial charge on any atom is 0.124 e. The second-order valence-corrected chi connectivity index (χ2v) is 11.1. The van der Waals surface area contributed by atoms with E-state index in [4.69, 9.17) is 9.97 Å². The van der Waals surface area contributed by atoms with Crippen molar-refractivity contribution in [3.63, 3.8) is 0 Å². The molecule has 0 aliphatic heterocycles. The van der Waals surface area contributed by atoms with Gasteiger partial charge in [0.1, 0.15) is 10.8 Å². The summed E-state index contributed by atoms with van der Waals surface area (Å²) in [5, 5.41) is 12.6. The maximum atomic E-state index is 10.4. The Kier molecular flexibility index (Phi) is 5.35. The molecule has 0 fully saturated rings. The van der Waals surface area contributed by atoms with E-state index in [0.29, 0.717) is 0 Å². The molecule has 2 heterocycles. The summed E-state index contributed by atoms with van der Waals surface area (Å²) in [4.78, 5) is 9.78. The number of hydrogen-bond acceptors (Lipinski definition) is 4. The number of hydrogen-bond donors (Lipinski definition) is 1. The quantitative estimate of drug-likeness (QED) is 0.272. The van der Waals surface area contributed by atoms with E-state index in [0.717, 1.165) is 53.9 Å². The SMILES string of the molecule is CC(C)(C)c1cc(-c2cccc(-c3nc4c(-c5ccccc5O)cccc4s3)c2)c2ncccc2c1. The Bertz CT molecular complexity index is 1740. The summed E-state index contributed by atoms with van der Waals surface area (Å²) in [6.07, 6.45) is 1.86. The third-order valence-corrected chi connectivity index (χ3v) is 7.67. The number of rotatable bonds is 3. The normalized spacial score (nSPS) is 11.9. The van der Waals surface area contributed by atoms with E-state index in [-0.39, 0.29) is 11.2 Å². The Balaban J connectivity index is 1.50. The van der Waals surface area contributed by atoms with Crippen molar-refractivity contribution in [2.24, 2.45) is 0 Å². The Hall–Kier alpha value is -4.02. The second-order valence-electron chi connectivity index (χ2n) is 10.1. The van der Waals surface area contributed by atoms with Crippen LogP contribution in [-0.4, -0.2) is 15.1 Å². The highest BCUT2D eigenvalue weighted by molar-refractivity contribution is 7.21. The molecule has 0 saturated heterocycles. The standard InChI is InChI=1S/C32H26N2OS/c1-32(2,3)23-18-21-11-8-16-33-29(21)26(19-23)20-9-6-10-22(17-20)31-34-30-25(13-7-15-28(30)36-31)24-12-4-5-14-27(24)35/h4-19,35H,1-3H3. The summed E-state index contributed by atoms with van der Waals surface area (Å²) >= 11 is 1.67. The molecule has 0 spiro atoms. The lowest BCUT2D eigenvalue weighted by molar-refractivity contribution is 0.477. The molecule has 36 heavy (non-hydrogen) atoms. The molecule has 176 valence electrons. The van der Waals surface area contributed by atoms with Gasteiger partial charge in [0.25, 0.3) is 0 Å². The average Bonchev–Trinajstić information content (AvgIpc) is 3.33. The van der Waals surface area contributed by atoms with E-state index >= 15 is 0 Å². The zero-order valence-corrected chi connectivity index (χ0v) is 21.3. The van der Waals surface area contributed by atoms with Gasteiger partial charge in [-0.2, -0.15) is 0 Å². The molecule has 2 aromatic heterocycles. The minimum atomic E-state index is 0.0306. The van der Waals surface area contributed by atoms with E-state index in [9.17, 15) is 5.11 Å². The first-order valence-electron chi connectivity index (χ1n) is 12.1. The molecule has 0 amide bonds. The summed E-state index contributed by atoms with van der Waals surface area (Å²) in [6, 6.07) is 30.8. The Morgan fingerprint density at radius 2 is 1.47 bits per heavy atom. The topological polar surface area (TPSA) is 46.0 Å². The van der Waals surface area contributed by atoms with Crippen molar-refractivity contribution >= 4 is 32.5 Å². The molecule has 0 aliphatic carbocycles. The number of fused-ring (bicyclic) bond motifs is 2. The molecule has 0 bridgehead atoms. The van der Waals surface area contributed by atoms with Gasteiger partial charge in [-0.15, -0.1) is 11.3 Å². The number of aromatic hydroxyl groups is 1. The average molecular weight is 487 g/mol. The minimum Gasteiger partial charge on any atom is -0.507 e. The predicted molar refractivity (Wildman–Crippen MR) is 152 cm³/mol. The zero-order chi connectivity index (χ0) is 24.9. The number of phenolic OH excluding ortho intramolecular Hbond substituents is 1. The molecule has 6 rings (SSSR count). The number of phenols is 1. The number of nitrogens with zero attached hydrogens (tertiary/aromatic N) is 2. The Labute approximate surface area is 214 Å². The van der Waals surface area contributed by atoms with Gasteiger partial charge in [0.05, 0.1) is 15.7 Å². The third kappa shape index (κ3) is 3.94. The zero-order valence-electron chi connectivity index (χ0n) is 20.5. The molecular weight excluding hydrogens is 460 g/mol. The molecule has 4 aromatic carbocycles. The smallest absolute Gasteiger partial charge is 0.124 e. The van der Waals surface area contributed by atoms with E-state index < -0.39 is 0 Å². The van der Waals surface area contributed by atoms with Gasteiger partial charge >= 0.3 is 0 Å². The summed E-state index contributed by atoms with van der Waals surface area (Å²) in [5.74, 6) is 0.264. The lowest BCUT2D eigenvalue weighted by Gasteiger charge is -2.21. The van der Waals surface area contributed by atoms with Crippen LogP contribution in [-0.2, 0) is 5.41 Å². The van der Waals surface area contributed by atoms with Crippen molar-refractivity contribution in [3.05, 3.63) is 103 Å². The number of para-hydroxylation sites is 2. The van der Waals surface area contributed by atoms with Crippen molar-refractivity contribution in [1.29, 1.82) is 0 Å². The highest BCUT2D eigenvalue weighted by Crippen LogP contribution is 2.40. The van der Waals surface area contributed by atoms with Crippen LogP contribution in [0.25, 0.3) is 53.9 Å². The Morgan fingerprint density at radius 3 is 2.31 bits per heavy atom. The molecule has 3 nitrogen and oxygen atoms in total. The van der Waals surface area contributed by atoms with Gasteiger partial charge in [0.15, 0.2) is 0 Å². The van der Waals surface area contributed by atoms with Gasteiger partial charge in [-0.1, -0.05) is 75.4 Å². The number of aromatic nitrogens is 2. The lowest BCUT2D eigenvalue weighted by Crippen LogP contribution is -2.11. The van der Waals surface area contributed by atoms with Gasteiger partial charge < -0.3 is 5.11 Å². The molecule has 6 aromatic rings. The van der Waals surface area contributed by atoms with Crippen LogP contribution in [0.3, 0.4) is 0 Å². The second kappa shape index (κ2) is 8.58. The highest BCUT2D eigenvalue weighted by atomic mass is 32.1. The molecule has 4 heteroatoms. The number of pyridine rings is 1. The van der Waals surface area contributed by atoms with Gasteiger partial charge in [-0.25, -0.2) is 4.98 Å². The van der Waals surface area contributed by atoms with Crippen LogP contribution in [0.2, 0.25) is 0 Å². The molecule has 1 N–H and O–H groups in total. The molecule has 0 unspecified atom stereocenters. The van der Waals surface area contributed by atoms with Crippen molar-refractivity contribution < 1.29 is 5.11 Å². The van der Waals surface area contributed by atoms with Crippen LogP contribution in [0, 0.1) is 0 Å². The lowest BCUT2D eigenvalue weighted by atomic mass is 9.84. The van der Waals surface area contributed by atoms with Crippen molar-refractivity contribution in [3.8, 4) is 38.6 Å². The van der Waals surface area contributed by atoms with Crippen LogP contribution in [0.1, 0.15) is 26.3 Å². The van der Waals surface area contributed by atoms with E-state index in [1.165, 1.54) is 5.56 Å². The minimum absolute atomic E-state index is 0.0306. The summed E-state index contributed by atoms with van der Waals surface area (Å²) in [5.41, 5.74) is 8.31.